The molecule has 3 nitrogen and oxygen atoms in total. The third-order valence-corrected chi connectivity index (χ3v) is 3.05. The summed E-state index contributed by atoms with van der Waals surface area (Å²) in [5, 5.41) is 0. The molecule has 1 aliphatic carbocycles. The van der Waals surface area contributed by atoms with Gasteiger partial charge in [-0.1, -0.05) is 19.3 Å². The van der Waals surface area contributed by atoms with Gasteiger partial charge in [-0.3, -0.25) is 0 Å². The summed E-state index contributed by atoms with van der Waals surface area (Å²) in [5.74, 6) is 0.777. The summed E-state index contributed by atoms with van der Waals surface area (Å²) >= 11 is 0. The molecule has 0 radical (unpaired) electrons. The van der Waals surface area contributed by atoms with E-state index in [4.69, 9.17) is 15.2 Å². The smallest absolute Gasteiger partial charge is 0.0930 e. The van der Waals surface area contributed by atoms with E-state index in [2.05, 4.69) is 0 Å². The molecule has 1 fully saturated rings. The van der Waals surface area contributed by atoms with Gasteiger partial charge < -0.3 is 15.2 Å². The normalized spacial score (nSPS) is 20.4. The van der Waals surface area contributed by atoms with E-state index in [-0.39, 0.29) is 6.10 Å². The van der Waals surface area contributed by atoms with Crippen molar-refractivity contribution in [3.8, 4) is 0 Å². The van der Waals surface area contributed by atoms with Crippen molar-refractivity contribution in [2.45, 2.75) is 45.1 Å². The van der Waals surface area contributed by atoms with Crippen molar-refractivity contribution in [1.82, 2.24) is 0 Å². The molecule has 3 heteroatoms. The van der Waals surface area contributed by atoms with Gasteiger partial charge in [-0.2, -0.15) is 0 Å². The summed E-state index contributed by atoms with van der Waals surface area (Å²) in [6, 6.07) is 0. The first-order valence-corrected chi connectivity index (χ1v) is 6.26. The maximum absolute atomic E-state index is 5.67. The summed E-state index contributed by atoms with van der Waals surface area (Å²) in [7, 11) is 0. The quantitative estimate of drug-likeness (QED) is 0.706. The predicted molar refractivity (Wildman–Crippen MR) is 61.9 cm³/mol. The fourth-order valence-corrected chi connectivity index (χ4v) is 2.14. The summed E-state index contributed by atoms with van der Waals surface area (Å²) in [6.07, 6.45) is 6.91. The third-order valence-electron chi connectivity index (χ3n) is 3.05. The van der Waals surface area contributed by atoms with E-state index in [0.29, 0.717) is 19.8 Å². The van der Waals surface area contributed by atoms with Crippen molar-refractivity contribution in [1.29, 1.82) is 0 Å². The fraction of sp³-hybridized carbons (Fsp3) is 1.00. The molecule has 15 heavy (non-hydrogen) atoms. The zero-order valence-electron chi connectivity index (χ0n) is 9.91. The van der Waals surface area contributed by atoms with Gasteiger partial charge >= 0.3 is 0 Å². The van der Waals surface area contributed by atoms with Crippen molar-refractivity contribution in [2.75, 3.05) is 26.4 Å². The highest BCUT2D eigenvalue weighted by molar-refractivity contribution is 4.65. The largest absolute Gasteiger partial charge is 0.378 e. The van der Waals surface area contributed by atoms with Crippen molar-refractivity contribution >= 4 is 0 Å². The summed E-state index contributed by atoms with van der Waals surface area (Å²) in [6.45, 7) is 4.81. The van der Waals surface area contributed by atoms with Gasteiger partial charge in [0.1, 0.15) is 0 Å². The lowest BCUT2D eigenvalue weighted by Gasteiger charge is -2.22. The van der Waals surface area contributed by atoms with Gasteiger partial charge in [0.25, 0.3) is 0 Å². The van der Waals surface area contributed by atoms with E-state index in [0.717, 1.165) is 12.5 Å². The molecular formula is C12H25NO2. The van der Waals surface area contributed by atoms with Crippen LogP contribution in [0.5, 0.6) is 0 Å². The van der Waals surface area contributed by atoms with Crippen LogP contribution in [0.3, 0.4) is 0 Å². The first-order chi connectivity index (χ1) is 7.36. The second-order valence-corrected chi connectivity index (χ2v) is 4.35. The van der Waals surface area contributed by atoms with E-state index in [1.54, 1.807) is 0 Å². The second-order valence-electron chi connectivity index (χ2n) is 4.35. The number of hydrogen-bond donors (Lipinski definition) is 1. The molecule has 1 unspecified atom stereocenters. The van der Waals surface area contributed by atoms with Gasteiger partial charge in [-0.15, -0.1) is 0 Å². The standard InChI is InChI=1S/C12H25NO2/c1-2-15-12(8-13)10-14-9-11-6-4-3-5-7-11/h11-12H,2-10,13H2,1H3. The Labute approximate surface area is 93.3 Å². The van der Waals surface area contributed by atoms with E-state index in [9.17, 15) is 0 Å². The molecule has 90 valence electrons. The van der Waals surface area contributed by atoms with Crippen LogP contribution in [0.25, 0.3) is 0 Å². The molecule has 0 aromatic heterocycles. The minimum atomic E-state index is 0.0820. The molecule has 0 aromatic carbocycles. The Bertz CT molecular complexity index is 142. The molecule has 0 amide bonds. The summed E-state index contributed by atoms with van der Waals surface area (Å²) in [4.78, 5) is 0. The minimum Gasteiger partial charge on any atom is -0.378 e. The Morgan fingerprint density at radius 1 is 1.27 bits per heavy atom. The van der Waals surface area contributed by atoms with Crippen molar-refractivity contribution in [3.63, 3.8) is 0 Å². The Hall–Kier alpha value is -0.120. The van der Waals surface area contributed by atoms with E-state index >= 15 is 0 Å². The maximum Gasteiger partial charge on any atom is 0.0930 e. The van der Waals surface area contributed by atoms with Gasteiger partial charge in [0, 0.05) is 19.8 Å². The van der Waals surface area contributed by atoms with Crippen molar-refractivity contribution in [3.05, 3.63) is 0 Å². The number of hydrogen-bond acceptors (Lipinski definition) is 3. The molecule has 1 aliphatic rings. The van der Waals surface area contributed by atoms with E-state index < -0.39 is 0 Å². The van der Waals surface area contributed by atoms with Gasteiger partial charge in [-0.25, -0.2) is 0 Å². The molecular weight excluding hydrogens is 190 g/mol. The Kier molecular flexibility index (Phi) is 6.98. The minimum absolute atomic E-state index is 0.0820. The summed E-state index contributed by atoms with van der Waals surface area (Å²) in [5.41, 5.74) is 5.57. The van der Waals surface area contributed by atoms with Crippen LogP contribution in [0.2, 0.25) is 0 Å². The van der Waals surface area contributed by atoms with Gasteiger partial charge in [-0.05, 0) is 25.7 Å². The predicted octanol–water partition coefficient (Wildman–Crippen LogP) is 1.95. The van der Waals surface area contributed by atoms with Crippen molar-refractivity contribution in [2.24, 2.45) is 11.7 Å². The average molecular weight is 215 g/mol. The second kappa shape index (κ2) is 8.08. The number of rotatable bonds is 7. The Morgan fingerprint density at radius 3 is 2.60 bits per heavy atom. The average Bonchev–Trinajstić information content (AvgIpc) is 2.29. The van der Waals surface area contributed by atoms with E-state index in [1.807, 2.05) is 6.92 Å². The highest BCUT2D eigenvalue weighted by Gasteiger charge is 2.14. The molecule has 1 atom stereocenters. The molecule has 0 aromatic rings. The lowest BCUT2D eigenvalue weighted by atomic mass is 9.90. The molecule has 0 spiro atoms. The monoisotopic (exact) mass is 215 g/mol. The number of nitrogens with two attached hydrogens (primary N) is 1. The molecule has 2 N–H and O–H groups in total. The number of ether oxygens (including phenoxy) is 2. The molecule has 0 bridgehead atoms. The molecule has 0 aliphatic heterocycles. The van der Waals surface area contributed by atoms with Crippen LogP contribution in [0, 0.1) is 5.92 Å². The van der Waals surface area contributed by atoms with Crippen LogP contribution in [-0.4, -0.2) is 32.5 Å². The van der Waals surface area contributed by atoms with Gasteiger partial charge in [0.15, 0.2) is 0 Å². The highest BCUT2D eigenvalue weighted by Crippen LogP contribution is 2.23. The fourth-order valence-electron chi connectivity index (χ4n) is 2.14. The van der Waals surface area contributed by atoms with Gasteiger partial charge in [0.2, 0.25) is 0 Å². The maximum atomic E-state index is 5.67. The van der Waals surface area contributed by atoms with Crippen LogP contribution in [0.1, 0.15) is 39.0 Å². The van der Waals surface area contributed by atoms with Crippen molar-refractivity contribution < 1.29 is 9.47 Å². The molecule has 1 rings (SSSR count). The molecule has 0 heterocycles. The van der Waals surface area contributed by atoms with Crippen LogP contribution >= 0.6 is 0 Å². The lowest BCUT2D eigenvalue weighted by molar-refractivity contribution is -0.0187. The molecule has 1 saturated carbocycles. The molecule has 0 saturated heterocycles. The third kappa shape index (κ3) is 5.50. The highest BCUT2D eigenvalue weighted by atomic mass is 16.5. The van der Waals surface area contributed by atoms with E-state index in [1.165, 1.54) is 32.1 Å². The van der Waals surface area contributed by atoms with Crippen LogP contribution in [0.4, 0.5) is 0 Å². The van der Waals surface area contributed by atoms with Crippen LogP contribution in [-0.2, 0) is 9.47 Å². The first kappa shape index (κ1) is 12.9. The van der Waals surface area contributed by atoms with Crippen LogP contribution < -0.4 is 5.73 Å². The Morgan fingerprint density at radius 2 is 2.00 bits per heavy atom. The Balaban J connectivity index is 2.03. The SMILES string of the molecule is CCOC(CN)COCC1CCCCC1. The zero-order chi connectivity index (χ0) is 10.9. The summed E-state index contributed by atoms with van der Waals surface area (Å²) < 4.78 is 11.1. The topological polar surface area (TPSA) is 44.5 Å². The zero-order valence-corrected chi connectivity index (χ0v) is 9.91. The lowest BCUT2D eigenvalue weighted by Crippen LogP contribution is -2.30. The first-order valence-electron chi connectivity index (χ1n) is 6.26. The van der Waals surface area contributed by atoms with Gasteiger partial charge in [0.05, 0.1) is 12.7 Å². The van der Waals surface area contributed by atoms with Crippen LogP contribution in [0.15, 0.2) is 0 Å².